The van der Waals surface area contributed by atoms with Crippen molar-refractivity contribution in [1.29, 1.82) is 0 Å². The highest BCUT2D eigenvalue weighted by Gasteiger charge is 2.20. The molecule has 0 saturated carbocycles. The van der Waals surface area contributed by atoms with Gasteiger partial charge in [0.1, 0.15) is 23.9 Å². The highest BCUT2D eigenvalue weighted by atomic mass is 19.1. The summed E-state index contributed by atoms with van der Waals surface area (Å²) < 4.78 is 34.9. The number of benzene rings is 1. The van der Waals surface area contributed by atoms with Crippen LogP contribution in [0.15, 0.2) is 36.5 Å². The van der Waals surface area contributed by atoms with Gasteiger partial charge in [-0.3, -0.25) is 9.20 Å². The molecule has 1 amide bonds. The van der Waals surface area contributed by atoms with Gasteiger partial charge in [-0.25, -0.2) is 13.8 Å². The molecule has 8 heteroatoms. The number of ether oxygens (including phenoxy) is 1. The summed E-state index contributed by atoms with van der Waals surface area (Å²) in [7, 11) is 0. The van der Waals surface area contributed by atoms with Gasteiger partial charge in [0.15, 0.2) is 11.4 Å². The minimum absolute atomic E-state index is 0.159. The third-order valence-corrected chi connectivity index (χ3v) is 4.79. The number of aromatic nitrogens is 2. The molecular weight excluding hydrogens is 378 g/mol. The van der Waals surface area contributed by atoms with Gasteiger partial charge in [-0.2, -0.15) is 0 Å². The predicted molar refractivity (Wildman–Crippen MR) is 106 cm³/mol. The average Bonchev–Trinajstić information content (AvgIpc) is 3.02. The SMILES string of the molecule is Cc1nc2c(OCc3c(F)cccc3F)cccn2c1C(=O)NCC(N)C(C)C. The second-order valence-corrected chi connectivity index (χ2v) is 7.22. The zero-order chi connectivity index (χ0) is 21.1. The summed E-state index contributed by atoms with van der Waals surface area (Å²) in [6.07, 6.45) is 1.68. The van der Waals surface area contributed by atoms with E-state index in [0.29, 0.717) is 29.3 Å². The van der Waals surface area contributed by atoms with E-state index >= 15 is 0 Å². The molecule has 2 heterocycles. The lowest BCUT2D eigenvalue weighted by Crippen LogP contribution is -2.40. The Balaban J connectivity index is 1.85. The van der Waals surface area contributed by atoms with E-state index in [1.54, 1.807) is 29.7 Å². The van der Waals surface area contributed by atoms with E-state index < -0.39 is 11.6 Å². The third kappa shape index (κ3) is 4.37. The van der Waals surface area contributed by atoms with E-state index in [0.717, 1.165) is 0 Å². The number of amides is 1. The molecule has 2 aromatic heterocycles. The van der Waals surface area contributed by atoms with E-state index in [9.17, 15) is 13.6 Å². The number of pyridine rings is 1. The number of carbonyl (C=O) groups excluding carboxylic acids is 1. The lowest BCUT2D eigenvalue weighted by molar-refractivity contribution is 0.0942. The number of rotatable bonds is 7. The maximum absolute atomic E-state index is 13.8. The molecule has 0 aliphatic rings. The van der Waals surface area contributed by atoms with Crippen molar-refractivity contribution in [2.24, 2.45) is 11.7 Å². The molecule has 1 atom stereocenters. The molecule has 29 heavy (non-hydrogen) atoms. The summed E-state index contributed by atoms with van der Waals surface area (Å²) >= 11 is 0. The van der Waals surface area contributed by atoms with Crippen molar-refractivity contribution < 1.29 is 18.3 Å². The van der Waals surface area contributed by atoms with Crippen LogP contribution >= 0.6 is 0 Å². The molecule has 1 unspecified atom stereocenters. The normalized spacial score (nSPS) is 12.4. The Morgan fingerprint density at radius 2 is 1.93 bits per heavy atom. The van der Waals surface area contributed by atoms with Crippen LogP contribution in [-0.4, -0.2) is 27.9 Å². The fraction of sp³-hybridized carbons (Fsp3) is 0.333. The topological polar surface area (TPSA) is 81.7 Å². The Labute approximate surface area is 167 Å². The second kappa shape index (κ2) is 8.57. The van der Waals surface area contributed by atoms with E-state index in [1.807, 2.05) is 13.8 Å². The van der Waals surface area contributed by atoms with Gasteiger partial charge in [-0.1, -0.05) is 19.9 Å². The summed E-state index contributed by atoms with van der Waals surface area (Å²) in [5.74, 6) is -1.12. The Morgan fingerprint density at radius 3 is 2.59 bits per heavy atom. The van der Waals surface area contributed by atoms with E-state index in [1.165, 1.54) is 18.2 Å². The molecule has 3 N–H and O–H groups in total. The van der Waals surface area contributed by atoms with Crippen molar-refractivity contribution >= 4 is 11.6 Å². The number of nitrogens with zero attached hydrogens (tertiary/aromatic N) is 2. The van der Waals surface area contributed by atoms with Gasteiger partial charge in [-0.05, 0) is 37.1 Å². The van der Waals surface area contributed by atoms with Crippen LogP contribution in [0.4, 0.5) is 8.78 Å². The second-order valence-electron chi connectivity index (χ2n) is 7.22. The van der Waals surface area contributed by atoms with Crippen LogP contribution in [0.2, 0.25) is 0 Å². The van der Waals surface area contributed by atoms with E-state index in [-0.39, 0.29) is 30.0 Å². The minimum atomic E-state index is -0.682. The van der Waals surface area contributed by atoms with Gasteiger partial charge in [0.2, 0.25) is 0 Å². The van der Waals surface area contributed by atoms with Crippen molar-refractivity contribution in [3.05, 3.63) is 65.1 Å². The van der Waals surface area contributed by atoms with Crippen LogP contribution in [-0.2, 0) is 6.61 Å². The van der Waals surface area contributed by atoms with Crippen LogP contribution in [0.25, 0.3) is 5.65 Å². The highest BCUT2D eigenvalue weighted by molar-refractivity contribution is 5.95. The van der Waals surface area contributed by atoms with E-state index in [4.69, 9.17) is 10.5 Å². The third-order valence-electron chi connectivity index (χ3n) is 4.79. The summed E-state index contributed by atoms with van der Waals surface area (Å²) in [4.78, 5) is 17.1. The summed E-state index contributed by atoms with van der Waals surface area (Å²) in [5.41, 5.74) is 7.08. The zero-order valence-corrected chi connectivity index (χ0v) is 16.6. The maximum atomic E-state index is 13.8. The van der Waals surface area contributed by atoms with Gasteiger partial charge in [-0.15, -0.1) is 0 Å². The zero-order valence-electron chi connectivity index (χ0n) is 16.6. The smallest absolute Gasteiger partial charge is 0.270 e. The first-order chi connectivity index (χ1) is 13.8. The molecule has 1 aromatic carbocycles. The molecule has 0 bridgehead atoms. The van der Waals surface area contributed by atoms with Gasteiger partial charge in [0.05, 0.1) is 11.3 Å². The molecule has 154 valence electrons. The van der Waals surface area contributed by atoms with Crippen LogP contribution in [0.1, 0.15) is 35.6 Å². The predicted octanol–water partition coefficient (Wildman–Crippen LogP) is 3.21. The molecule has 6 nitrogen and oxygen atoms in total. The number of hydrogen-bond donors (Lipinski definition) is 2. The highest BCUT2D eigenvalue weighted by Crippen LogP contribution is 2.24. The van der Waals surface area contributed by atoms with E-state index in [2.05, 4.69) is 10.3 Å². The Hall–Kier alpha value is -3.00. The molecule has 0 aliphatic heterocycles. The molecule has 3 aromatic rings. The fourth-order valence-electron chi connectivity index (χ4n) is 2.89. The molecule has 0 aliphatic carbocycles. The molecule has 0 fully saturated rings. The van der Waals surface area contributed by atoms with Crippen molar-refractivity contribution in [1.82, 2.24) is 14.7 Å². The molecule has 0 spiro atoms. The Bertz CT molecular complexity index is 1010. The standard InChI is InChI=1S/C21H24F2N4O2/c1-12(2)17(24)10-25-21(28)19-13(3)26-20-18(8-5-9-27(19)20)29-11-14-15(22)6-4-7-16(14)23/h4-9,12,17H,10-11,24H2,1-3H3,(H,25,28). The number of fused-ring (bicyclic) bond motifs is 1. The first-order valence-corrected chi connectivity index (χ1v) is 9.36. The number of aryl methyl sites for hydroxylation is 1. The minimum Gasteiger partial charge on any atom is -0.485 e. The molecule has 0 radical (unpaired) electrons. The first kappa shape index (κ1) is 20.7. The van der Waals surface area contributed by atoms with Gasteiger partial charge in [0, 0.05) is 18.8 Å². The number of imidazole rings is 1. The summed E-state index contributed by atoms with van der Waals surface area (Å²) in [6.45, 7) is 5.72. The lowest BCUT2D eigenvalue weighted by atomic mass is 10.1. The fourth-order valence-corrected chi connectivity index (χ4v) is 2.89. The largest absolute Gasteiger partial charge is 0.485 e. The van der Waals surface area contributed by atoms with Crippen LogP contribution < -0.4 is 15.8 Å². The Kier molecular flexibility index (Phi) is 6.12. The quantitative estimate of drug-likeness (QED) is 0.636. The number of carbonyl (C=O) groups is 1. The number of halogens is 2. The Morgan fingerprint density at radius 1 is 1.24 bits per heavy atom. The first-order valence-electron chi connectivity index (χ1n) is 9.36. The summed E-state index contributed by atoms with van der Waals surface area (Å²) in [6, 6.07) is 6.80. The maximum Gasteiger partial charge on any atom is 0.270 e. The van der Waals surface area contributed by atoms with Gasteiger partial charge < -0.3 is 15.8 Å². The molecular formula is C21H24F2N4O2. The number of nitrogens with one attached hydrogen (secondary N) is 1. The number of nitrogens with two attached hydrogens (primary N) is 1. The van der Waals surface area contributed by atoms with Crippen LogP contribution in [0.5, 0.6) is 5.75 Å². The molecule has 3 rings (SSSR count). The van der Waals surface area contributed by atoms with Crippen LogP contribution in [0, 0.1) is 24.5 Å². The number of hydrogen-bond acceptors (Lipinski definition) is 4. The van der Waals surface area contributed by atoms with Crippen molar-refractivity contribution in [2.45, 2.75) is 33.4 Å². The average molecular weight is 402 g/mol. The van der Waals surface area contributed by atoms with Crippen molar-refractivity contribution in [2.75, 3.05) is 6.54 Å². The van der Waals surface area contributed by atoms with Crippen molar-refractivity contribution in [3.8, 4) is 5.75 Å². The monoisotopic (exact) mass is 402 g/mol. The van der Waals surface area contributed by atoms with Crippen molar-refractivity contribution in [3.63, 3.8) is 0 Å². The van der Waals surface area contributed by atoms with Crippen LogP contribution in [0.3, 0.4) is 0 Å². The van der Waals surface area contributed by atoms with Gasteiger partial charge >= 0.3 is 0 Å². The lowest BCUT2D eigenvalue weighted by Gasteiger charge is -2.16. The molecule has 0 saturated heterocycles. The van der Waals surface area contributed by atoms with Gasteiger partial charge in [0.25, 0.3) is 5.91 Å². The summed E-state index contributed by atoms with van der Waals surface area (Å²) in [5, 5.41) is 2.83.